The van der Waals surface area contributed by atoms with Crippen molar-refractivity contribution < 1.29 is 35.9 Å². The SMILES string of the molecule is Cc1cc(=O)[nH]c(-c2c(C(F)(F)F)ccc(CNC(=O)C3CCC(OCc4ccc(F)c(F)c4)CC3)c2F)n1. The third kappa shape index (κ3) is 6.86. The zero-order valence-electron chi connectivity index (χ0n) is 20.8. The number of carbonyl (C=O) groups is 1. The Kier molecular flexibility index (Phi) is 8.43. The second-order valence-corrected chi connectivity index (χ2v) is 9.45. The maximum Gasteiger partial charge on any atom is 0.417 e. The van der Waals surface area contributed by atoms with Gasteiger partial charge in [0.2, 0.25) is 5.91 Å². The number of benzene rings is 2. The third-order valence-corrected chi connectivity index (χ3v) is 6.60. The maximum absolute atomic E-state index is 15.4. The highest BCUT2D eigenvalue weighted by Gasteiger charge is 2.37. The summed E-state index contributed by atoms with van der Waals surface area (Å²) >= 11 is 0. The fourth-order valence-corrected chi connectivity index (χ4v) is 4.58. The molecule has 1 aliphatic rings. The number of hydrogen-bond acceptors (Lipinski definition) is 4. The van der Waals surface area contributed by atoms with Crippen LogP contribution in [0, 0.1) is 30.3 Å². The molecule has 4 rings (SSSR count). The predicted molar refractivity (Wildman–Crippen MR) is 129 cm³/mol. The number of carbonyl (C=O) groups excluding carboxylic acids is 1. The normalized spacial score (nSPS) is 17.7. The number of ether oxygens (including phenoxy) is 1. The van der Waals surface area contributed by atoms with Crippen LogP contribution in [0.2, 0.25) is 0 Å². The van der Waals surface area contributed by atoms with E-state index in [9.17, 15) is 31.5 Å². The average Bonchev–Trinajstić information content (AvgIpc) is 2.87. The third-order valence-electron chi connectivity index (χ3n) is 6.60. The molecule has 1 fully saturated rings. The van der Waals surface area contributed by atoms with Gasteiger partial charge in [0.25, 0.3) is 5.56 Å². The molecule has 2 aromatic carbocycles. The minimum Gasteiger partial charge on any atom is -0.374 e. The Hall–Kier alpha value is -3.67. The van der Waals surface area contributed by atoms with Gasteiger partial charge in [0.1, 0.15) is 11.6 Å². The van der Waals surface area contributed by atoms with Gasteiger partial charge in [-0.3, -0.25) is 9.59 Å². The number of nitrogens with one attached hydrogen (secondary N) is 2. The molecule has 1 aromatic heterocycles. The topological polar surface area (TPSA) is 84.1 Å². The lowest BCUT2D eigenvalue weighted by Gasteiger charge is -2.28. The Bertz CT molecular complexity index is 1410. The highest BCUT2D eigenvalue weighted by atomic mass is 19.4. The zero-order chi connectivity index (χ0) is 28.3. The van der Waals surface area contributed by atoms with Crippen molar-refractivity contribution in [1.29, 1.82) is 0 Å². The molecule has 0 bridgehead atoms. The van der Waals surface area contributed by atoms with Gasteiger partial charge in [0, 0.05) is 29.8 Å². The Morgan fingerprint density at radius 2 is 1.77 bits per heavy atom. The molecule has 1 heterocycles. The molecular formula is C27H25F6N3O3. The molecule has 6 nitrogen and oxygen atoms in total. The number of aromatic amines is 1. The summed E-state index contributed by atoms with van der Waals surface area (Å²) in [6, 6.07) is 6.22. The Balaban J connectivity index is 1.38. The first kappa shape index (κ1) is 28.3. The first-order valence-corrected chi connectivity index (χ1v) is 12.2. The number of rotatable bonds is 7. The molecular weight excluding hydrogens is 528 g/mol. The van der Waals surface area contributed by atoms with E-state index in [0.29, 0.717) is 37.3 Å². The molecule has 1 saturated carbocycles. The van der Waals surface area contributed by atoms with E-state index >= 15 is 4.39 Å². The van der Waals surface area contributed by atoms with Crippen LogP contribution in [0.15, 0.2) is 41.2 Å². The summed E-state index contributed by atoms with van der Waals surface area (Å²) in [5, 5.41) is 2.58. The number of H-pyrrole nitrogens is 1. The average molecular weight is 554 g/mol. The van der Waals surface area contributed by atoms with Crippen LogP contribution in [0.3, 0.4) is 0 Å². The molecule has 1 amide bonds. The number of halogens is 6. The van der Waals surface area contributed by atoms with E-state index in [1.165, 1.54) is 13.0 Å². The number of hydrogen-bond donors (Lipinski definition) is 2. The van der Waals surface area contributed by atoms with Crippen LogP contribution in [0.25, 0.3) is 11.4 Å². The van der Waals surface area contributed by atoms with Gasteiger partial charge in [-0.1, -0.05) is 12.1 Å². The fraction of sp³-hybridized carbons (Fsp3) is 0.370. The van der Waals surface area contributed by atoms with Gasteiger partial charge >= 0.3 is 6.18 Å². The molecule has 3 aromatic rings. The van der Waals surface area contributed by atoms with E-state index in [0.717, 1.165) is 24.3 Å². The van der Waals surface area contributed by atoms with Crippen molar-refractivity contribution in [2.75, 3.05) is 0 Å². The zero-order valence-corrected chi connectivity index (χ0v) is 20.8. The van der Waals surface area contributed by atoms with Gasteiger partial charge in [0.05, 0.1) is 23.8 Å². The molecule has 12 heteroatoms. The maximum atomic E-state index is 15.4. The van der Waals surface area contributed by atoms with Crippen molar-refractivity contribution in [2.45, 2.75) is 58.0 Å². The summed E-state index contributed by atoms with van der Waals surface area (Å²) in [6.07, 6.45) is -3.10. The second-order valence-electron chi connectivity index (χ2n) is 9.45. The van der Waals surface area contributed by atoms with Crippen molar-refractivity contribution in [2.24, 2.45) is 5.92 Å². The summed E-state index contributed by atoms with van der Waals surface area (Å²) in [6.45, 7) is 1.13. The van der Waals surface area contributed by atoms with E-state index in [2.05, 4.69) is 15.3 Å². The summed E-state index contributed by atoms with van der Waals surface area (Å²) < 4.78 is 88.4. The molecule has 2 N–H and O–H groups in total. The second kappa shape index (κ2) is 11.6. The van der Waals surface area contributed by atoms with E-state index in [1.54, 1.807) is 0 Å². The Labute approximate surface area is 219 Å². The highest BCUT2D eigenvalue weighted by molar-refractivity contribution is 5.78. The van der Waals surface area contributed by atoms with Gasteiger partial charge in [0.15, 0.2) is 11.6 Å². The first-order chi connectivity index (χ1) is 18.4. The van der Waals surface area contributed by atoms with Gasteiger partial charge in [-0.05, 0) is 56.4 Å². The summed E-state index contributed by atoms with van der Waals surface area (Å²) in [5.41, 5.74) is -2.52. The molecule has 0 unspecified atom stereocenters. The van der Waals surface area contributed by atoms with Crippen molar-refractivity contribution in [3.8, 4) is 11.4 Å². The predicted octanol–water partition coefficient (Wildman–Crippen LogP) is 5.57. The lowest BCUT2D eigenvalue weighted by molar-refractivity contribution is -0.137. The number of aryl methyl sites for hydroxylation is 1. The number of aromatic nitrogens is 2. The standard InChI is InChI=1S/C27H25F6N3O3/c1-14-10-22(37)36-25(35-14)23-19(27(31,32)33)8-5-17(24(23)30)12-34-26(38)16-3-6-18(7-4-16)39-13-15-2-9-20(28)21(29)11-15/h2,5,8-11,16,18H,3-4,6-7,12-13H2,1H3,(H,34,38)(H,35,36,37). The van der Waals surface area contributed by atoms with E-state index in [4.69, 9.17) is 4.74 Å². The molecule has 0 saturated heterocycles. The minimum atomic E-state index is -4.91. The van der Waals surface area contributed by atoms with E-state index in [1.807, 2.05) is 0 Å². The highest BCUT2D eigenvalue weighted by Crippen LogP contribution is 2.38. The van der Waals surface area contributed by atoms with Crippen LogP contribution in [0.4, 0.5) is 26.3 Å². The van der Waals surface area contributed by atoms with Gasteiger partial charge in [-0.2, -0.15) is 13.2 Å². The lowest BCUT2D eigenvalue weighted by Crippen LogP contribution is -2.34. The van der Waals surface area contributed by atoms with Gasteiger partial charge < -0.3 is 15.0 Å². The van der Waals surface area contributed by atoms with Gasteiger partial charge in [-0.25, -0.2) is 18.2 Å². The largest absolute Gasteiger partial charge is 0.417 e. The summed E-state index contributed by atoms with van der Waals surface area (Å²) in [4.78, 5) is 30.5. The van der Waals surface area contributed by atoms with Crippen molar-refractivity contribution >= 4 is 5.91 Å². The summed E-state index contributed by atoms with van der Waals surface area (Å²) in [7, 11) is 0. The van der Waals surface area contributed by atoms with Gasteiger partial charge in [-0.15, -0.1) is 0 Å². The smallest absolute Gasteiger partial charge is 0.374 e. The van der Waals surface area contributed by atoms with Crippen LogP contribution in [0.5, 0.6) is 0 Å². The van der Waals surface area contributed by atoms with Crippen LogP contribution in [-0.2, 0) is 28.9 Å². The fourth-order valence-electron chi connectivity index (χ4n) is 4.58. The van der Waals surface area contributed by atoms with Crippen LogP contribution in [0.1, 0.15) is 48.1 Å². The number of amides is 1. The van der Waals surface area contributed by atoms with E-state index in [-0.39, 0.29) is 36.4 Å². The first-order valence-electron chi connectivity index (χ1n) is 12.2. The summed E-state index contributed by atoms with van der Waals surface area (Å²) in [5.74, 6) is -4.49. The molecule has 208 valence electrons. The monoisotopic (exact) mass is 553 g/mol. The van der Waals surface area contributed by atoms with Crippen LogP contribution in [-0.4, -0.2) is 22.0 Å². The van der Waals surface area contributed by atoms with Crippen LogP contribution < -0.4 is 10.9 Å². The van der Waals surface area contributed by atoms with Crippen molar-refractivity contribution in [1.82, 2.24) is 15.3 Å². The molecule has 0 radical (unpaired) electrons. The Morgan fingerprint density at radius 1 is 1.05 bits per heavy atom. The Morgan fingerprint density at radius 3 is 2.41 bits per heavy atom. The molecule has 0 atom stereocenters. The number of nitrogens with zero attached hydrogens (tertiary/aromatic N) is 1. The molecule has 0 spiro atoms. The number of alkyl halides is 3. The van der Waals surface area contributed by atoms with Crippen molar-refractivity contribution in [3.05, 3.63) is 86.6 Å². The molecule has 0 aliphatic heterocycles. The van der Waals surface area contributed by atoms with Crippen molar-refractivity contribution in [3.63, 3.8) is 0 Å². The van der Waals surface area contributed by atoms with Crippen LogP contribution >= 0.6 is 0 Å². The quantitative estimate of drug-likeness (QED) is 0.375. The molecule has 39 heavy (non-hydrogen) atoms. The lowest BCUT2D eigenvalue weighted by atomic mass is 9.86. The molecule has 1 aliphatic carbocycles. The van der Waals surface area contributed by atoms with E-state index < -0.39 is 52.1 Å². The minimum absolute atomic E-state index is 0.0926.